The third-order valence-corrected chi connectivity index (χ3v) is 13.9. The molecule has 0 aromatic heterocycles. The van der Waals surface area contributed by atoms with E-state index in [0.717, 1.165) is 0 Å². The first kappa shape index (κ1) is 57.0. The summed E-state index contributed by atoms with van der Waals surface area (Å²) in [5.74, 6) is 0. The van der Waals surface area contributed by atoms with Crippen molar-refractivity contribution in [1.29, 1.82) is 0 Å². The second-order valence-corrected chi connectivity index (χ2v) is 19.8. The molecule has 0 spiro atoms. The highest BCUT2D eigenvalue weighted by Crippen LogP contribution is 2.22. The van der Waals surface area contributed by atoms with Crippen molar-refractivity contribution in [1.82, 2.24) is 0 Å². The van der Waals surface area contributed by atoms with Gasteiger partial charge < -0.3 is 4.48 Å². The summed E-state index contributed by atoms with van der Waals surface area (Å²) >= 11 is 0. The predicted molar refractivity (Wildman–Crippen MR) is 264 cm³/mol. The van der Waals surface area contributed by atoms with Gasteiger partial charge in [-0.05, 0) is 51.4 Å². The van der Waals surface area contributed by atoms with Gasteiger partial charge in [0, 0.05) is 0 Å². The van der Waals surface area contributed by atoms with Crippen LogP contribution in [-0.4, -0.2) is 30.7 Å². The number of hydrogen-bond donors (Lipinski definition) is 0. The molecule has 0 atom stereocenters. The van der Waals surface area contributed by atoms with Gasteiger partial charge in [-0.3, -0.25) is 0 Å². The summed E-state index contributed by atoms with van der Waals surface area (Å²) in [5, 5.41) is 0. The fourth-order valence-corrected chi connectivity index (χ4v) is 9.82. The molecule has 57 heavy (non-hydrogen) atoms. The summed E-state index contributed by atoms with van der Waals surface area (Å²) < 4.78 is 1.48. The molecule has 0 aromatic rings. The van der Waals surface area contributed by atoms with Crippen molar-refractivity contribution in [3.05, 3.63) is 0 Å². The fourth-order valence-electron chi connectivity index (χ4n) is 9.82. The molecule has 0 saturated heterocycles. The summed E-state index contributed by atoms with van der Waals surface area (Å²) in [4.78, 5) is 0. The molecule has 344 valence electrons. The van der Waals surface area contributed by atoms with Crippen molar-refractivity contribution < 1.29 is 4.48 Å². The summed E-state index contributed by atoms with van der Waals surface area (Å²) in [7, 11) is 0. The largest absolute Gasteiger partial charge is 0.324 e. The Labute approximate surface area is 365 Å². The first-order chi connectivity index (χ1) is 28.2. The van der Waals surface area contributed by atoms with Crippen molar-refractivity contribution in [2.24, 2.45) is 0 Å². The van der Waals surface area contributed by atoms with Gasteiger partial charge >= 0.3 is 0 Å². The van der Waals surface area contributed by atoms with Gasteiger partial charge in [-0.25, -0.2) is 0 Å². The molecule has 1 heteroatoms. The first-order valence-corrected chi connectivity index (χ1v) is 28.1. The molecule has 0 aliphatic rings. The highest BCUT2D eigenvalue weighted by molar-refractivity contribution is 4.57. The maximum atomic E-state index is 2.41. The van der Waals surface area contributed by atoms with E-state index in [2.05, 4.69) is 27.7 Å². The van der Waals surface area contributed by atoms with Gasteiger partial charge in [-0.2, -0.15) is 0 Å². The van der Waals surface area contributed by atoms with Crippen LogP contribution >= 0.6 is 0 Å². The quantitative estimate of drug-likeness (QED) is 0.0424. The minimum absolute atomic E-state index is 1.37. The van der Waals surface area contributed by atoms with Crippen LogP contribution in [0.2, 0.25) is 0 Å². The van der Waals surface area contributed by atoms with E-state index in [1.54, 1.807) is 0 Å². The van der Waals surface area contributed by atoms with Crippen molar-refractivity contribution in [2.45, 2.75) is 336 Å². The van der Waals surface area contributed by atoms with Crippen LogP contribution in [0.1, 0.15) is 336 Å². The lowest BCUT2D eigenvalue weighted by Gasteiger charge is -2.39. The lowest BCUT2D eigenvalue weighted by Crippen LogP contribution is -2.50. The molecular formula is C56H116N+. The monoisotopic (exact) mass is 803 g/mol. The Bertz CT molecular complexity index is 601. The standard InChI is InChI=1S/C56H116N/c1-5-9-13-16-19-22-25-28-31-34-37-40-43-46-50-54-57(53-49-12-8-4,55-51-47-44-41-38-35-32-29-26-23-20-17-14-10-6-2)56-52-48-45-42-39-36-33-30-27-24-21-18-15-11-7-3/h5-56H2,1-4H3/q+1. The Hall–Kier alpha value is -0.0400. The zero-order chi connectivity index (χ0) is 41.3. The lowest BCUT2D eigenvalue weighted by molar-refractivity contribution is -0.929. The Balaban J connectivity index is 4.50. The molecule has 0 aromatic carbocycles. The molecule has 0 rings (SSSR count). The predicted octanol–water partition coefficient (Wildman–Crippen LogP) is 20.6. The van der Waals surface area contributed by atoms with Gasteiger partial charge in [-0.1, -0.05) is 285 Å². The van der Waals surface area contributed by atoms with Gasteiger partial charge in [0.1, 0.15) is 0 Å². The topological polar surface area (TPSA) is 0 Å². The summed E-state index contributed by atoms with van der Waals surface area (Å²) in [6.07, 6.45) is 70.7. The van der Waals surface area contributed by atoms with E-state index in [1.807, 2.05) is 0 Å². The average molecular weight is 804 g/mol. The van der Waals surface area contributed by atoms with Crippen LogP contribution in [0.3, 0.4) is 0 Å². The molecule has 0 aliphatic heterocycles. The van der Waals surface area contributed by atoms with Crippen LogP contribution < -0.4 is 0 Å². The van der Waals surface area contributed by atoms with Crippen LogP contribution in [0, 0.1) is 0 Å². The number of nitrogens with zero attached hydrogens (tertiary/aromatic N) is 1. The number of hydrogen-bond acceptors (Lipinski definition) is 0. The van der Waals surface area contributed by atoms with Gasteiger partial charge in [0.15, 0.2) is 0 Å². The minimum Gasteiger partial charge on any atom is -0.324 e. The summed E-state index contributed by atoms with van der Waals surface area (Å²) in [6.45, 7) is 15.3. The zero-order valence-electron chi connectivity index (χ0n) is 41.2. The van der Waals surface area contributed by atoms with Crippen LogP contribution in [0.4, 0.5) is 0 Å². The average Bonchev–Trinajstić information content (AvgIpc) is 3.22. The Morgan fingerprint density at radius 3 is 0.404 bits per heavy atom. The van der Waals surface area contributed by atoms with E-state index in [4.69, 9.17) is 0 Å². The van der Waals surface area contributed by atoms with Crippen LogP contribution in [-0.2, 0) is 0 Å². The molecule has 0 saturated carbocycles. The van der Waals surface area contributed by atoms with Crippen LogP contribution in [0.25, 0.3) is 0 Å². The van der Waals surface area contributed by atoms with E-state index in [-0.39, 0.29) is 0 Å². The number of unbranched alkanes of at least 4 members (excludes halogenated alkanes) is 44. The van der Waals surface area contributed by atoms with Gasteiger partial charge in [0.25, 0.3) is 0 Å². The van der Waals surface area contributed by atoms with E-state index in [0.29, 0.717) is 0 Å². The maximum absolute atomic E-state index is 2.41. The van der Waals surface area contributed by atoms with E-state index < -0.39 is 0 Å². The number of rotatable bonds is 52. The molecule has 1 nitrogen and oxygen atoms in total. The van der Waals surface area contributed by atoms with Crippen LogP contribution in [0.5, 0.6) is 0 Å². The second kappa shape index (κ2) is 50.3. The highest BCUT2D eigenvalue weighted by atomic mass is 15.3. The third kappa shape index (κ3) is 45.3. The highest BCUT2D eigenvalue weighted by Gasteiger charge is 2.25. The molecule has 0 aliphatic carbocycles. The fraction of sp³-hybridized carbons (Fsp3) is 1.00. The lowest BCUT2D eigenvalue weighted by atomic mass is 10.0. The van der Waals surface area contributed by atoms with Crippen LogP contribution in [0.15, 0.2) is 0 Å². The minimum atomic E-state index is 1.37. The van der Waals surface area contributed by atoms with Crippen molar-refractivity contribution in [3.8, 4) is 0 Å². The smallest absolute Gasteiger partial charge is 0.0786 e. The summed E-state index contributed by atoms with van der Waals surface area (Å²) in [5.41, 5.74) is 0. The van der Waals surface area contributed by atoms with Gasteiger partial charge in [-0.15, -0.1) is 0 Å². The van der Waals surface area contributed by atoms with Gasteiger partial charge in [0.2, 0.25) is 0 Å². The molecule has 0 unspecified atom stereocenters. The molecule has 0 amide bonds. The first-order valence-electron chi connectivity index (χ1n) is 28.1. The van der Waals surface area contributed by atoms with Gasteiger partial charge in [0.05, 0.1) is 26.2 Å². The molecule has 0 radical (unpaired) electrons. The molecule has 0 bridgehead atoms. The Kier molecular flexibility index (Phi) is 50.3. The molecule has 0 heterocycles. The SMILES string of the molecule is CCCCCCCCCCCCCCCCC[N+](CCCCC)(CCCCCCCCCCCCCCCCC)CCCCCCCCCCCCCCCCC. The van der Waals surface area contributed by atoms with E-state index >= 15 is 0 Å². The Morgan fingerprint density at radius 1 is 0.140 bits per heavy atom. The van der Waals surface area contributed by atoms with Crippen molar-refractivity contribution in [2.75, 3.05) is 26.2 Å². The third-order valence-electron chi connectivity index (χ3n) is 13.9. The number of quaternary nitrogens is 1. The molecule has 0 fully saturated rings. The van der Waals surface area contributed by atoms with Crippen molar-refractivity contribution >= 4 is 0 Å². The summed E-state index contributed by atoms with van der Waals surface area (Å²) in [6, 6.07) is 0. The zero-order valence-corrected chi connectivity index (χ0v) is 41.2. The van der Waals surface area contributed by atoms with Crippen molar-refractivity contribution in [3.63, 3.8) is 0 Å². The second-order valence-electron chi connectivity index (χ2n) is 19.8. The Morgan fingerprint density at radius 2 is 0.246 bits per heavy atom. The van der Waals surface area contributed by atoms with E-state index in [9.17, 15) is 0 Å². The van der Waals surface area contributed by atoms with E-state index in [1.165, 1.54) is 339 Å². The molecular weight excluding hydrogens is 687 g/mol. The molecule has 0 N–H and O–H groups in total. The normalized spacial score (nSPS) is 12.0. The maximum Gasteiger partial charge on any atom is 0.0786 e.